The van der Waals surface area contributed by atoms with Crippen molar-refractivity contribution in [2.45, 2.75) is 4.90 Å². The number of aromatic nitrogens is 4. The van der Waals surface area contributed by atoms with Gasteiger partial charge in [0.2, 0.25) is 5.65 Å². The predicted molar refractivity (Wildman–Crippen MR) is 127 cm³/mol. The zero-order chi connectivity index (χ0) is 23.0. The third-order valence-electron chi connectivity index (χ3n) is 4.95. The molecule has 2 N–H and O–H groups in total. The number of nitrogens with zero attached hydrogens (tertiary/aromatic N) is 4. The summed E-state index contributed by atoms with van der Waals surface area (Å²) in [4.78, 5) is 4.60. The van der Waals surface area contributed by atoms with Crippen molar-refractivity contribution < 1.29 is 13.2 Å². The number of benzene rings is 3. The van der Waals surface area contributed by atoms with E-state index in [9.17, 15) is 8.42 Å². The average molecular weight is 481 g/mol. The number of nitrogens with one attached hydrogen (secondary N) is 2. The third-order valence-corrected chi connectivity index (χ3v) is 6.59. The number of fused-ring (bicyclic) bond motifs is 3. The van der Waals surface area contributed by atoms with Gasteiger partial charge in [0.25, 0.3) is 10.0 Å². The van der Waals surface area contributed by atoms with Gasteiger partial charge >= 0.3 is 0 Å². The van der Waals surface area contributed by atoms with Crippen LogP contribution in [0.5, 0.6) is 5.75 Å². The Morgan fingerprint density at radius 2 is 1.76 bits per heavy atom. The van der Waals surface area contributed by atoms with Gasteiger partial charge in [-0.2, -0.15) is 0 Å². The lowest BCUT2D eigenvalue weighted by Gasteiger charge is -2.13. The molecule has 2 heterocycles. The Bertz CT molecular complexity index is 1590. The zero-order valence-electron chi connectivity index (χ0n) is 17.2. The van der Waals surface area contributed by atoms with Crippen LogP contribution in [0.4, 0.5) is 17.2 Å². The molecule has 0 bridgehead atoms. The second-order valence-corrected chi connectivity index (χ2v) is 9.16. The van der Waals surface area contributed by atoms with Gasteiger partial charge in [-0.15, -0.1) is 10.2 Å². The summed E-state index contributed by atoms with van der Waals surface area (Å²) in [5.41, 5.74) is 3.33. The molecule has 0 spiro atoms. The topological polar surface area (TPSA) is 111 Å². The van der Waals surface area contributed by atoms with Gasteiger partial charge in [-0.3, -0.25) is 9.12 Å². The highest BCUT2D eigenvalue weighted by Crippen LogP contribution is 2.29. The first-order chi connectivity index (χ1) is 15.9. The Balaban J connectivity index is 1.42. The van der Waals surface area contributed by atoms with Crippen molar-refractivity contribution in [2.24, 2.45) is 0 Å². The summed E-state index contributed by atoms with van der Waals surface area (Å²) < 4.78 is 35.3. The first-order valence-electron chi connectivity index (χ1n) is 9.76. The lowest BCUT2D eigenvalue weighted by molar-refractivity contribution is 0.403. The van der Waals surface area contributed by atoms with E-state index in [0.717, 1.165) is 11.0 Å². The molecule has 5 rings (SSSR count). The van der Waals surface area contributed by atoms with Crippen LogP contribution in [0.2, 0.25) is 5.02 Å². The molecule has 0 saturated heterocycles. The summed E-state index contributed by atoms with van der Waals surface area (Å²) in [6, 6.07) is 18.8. The van der Waals surface area contributed by atoms with Crippen molar-refractivity contribution >= 4 is 55.5 Å². The van der Waals surface area contributed by atoms with Crippen LogP contribution in [0.15, 0.2) is 78.0 Å². The second-order valence-electron chi connectivity index (χ2n) is 7.08. The fourth-order valence-corrected chi connectivity index (χ4v) is 4.91. The van der Waals surface area contributed by atoms with Crippen LogP contribution in [-0.4, -0.2) is 35.1 Å². The minimum absolute atomic E-state index is 0.0470. The molecule has 33 heavy (non-hydrogen) atoms. The summed E-state index contributed by atoms with van der Waals surface area (Å²) in [6.45, 7) is 0. The molecule has 0 aliphatic heterocycles. The number of methoxy groups -OCH3 is 1. The number of halogens is 1. The SMILES string of the molecule is COc1ccc(Cl)cc1S(=O)(=O)Nc1ccc(Nc2nc3ccccc3n3cnnc23)cc1. The molecule has 3 aromatic carbocycles. The highest BCUT2D eigenvalue weighted by atomic mass is 35.5. The highest BCUT2D eigenvalue weighted by molar-refractivity contribution is 7.92. The highest BCUT2D eigenvalue weighted by Gasteiger charge is 2.20. The van der Waals surface area contributed by atoms with E-state index in [1.165, 1.54) is 19.2 Å². The van der Waals surface area contributed by atoms with Crippen LogP contribution in [0.3, 0.4) is 0 Å². The van der Waals surface area contributed by atoms with Gasteiger partial charge < -0.3 is 10.1 Å². The monoisotopic (exact) mass is 480 g/mol. The van der Waals surface area contributed by atoms with Gasteiger partial charge in [0.05, 0.1) is 18.1 Å². The molecule has 0 aliphatic rings. The molecule has 0 fully saturated rings. The van der Waals surface area contributed by atoms with Crippen molar-refractivity contribution in [3.8, 4) is 5.75 Å². The molecule has 0 saturated carbocycles. The summed E-state index contributed by atoms with van der Waals surface area (Å²) in [5, 5.41) is 11.7. The summed E-state index contributed by atoms with van der Waals surface area (Å²) in [7, 11) is -2.51. The minimum atomic E-state index is -3.91. The standard InChI is InChI=1S/C22H17ClN6O3S/c1-32-19-11-6-14(23)12-20(19)33(30,31)28-16-9-7-15(8-10-16)25-21-22-27-24-13-29(22)18-5-3-2-4-17(18)26-21/h2-13,28H,1H3,(H,25,26). The van der Waals surface area contributed by atoms with E-state index in [1.807, 2.05) is 28.7 Å². The van der Waals surface area contributed by atoms with Gasteiger partial charge in [0, 0.05) is 16.4 Å². The average Bonchev–Trinajstić information content (AvgIpc) is 3.31. The van der Waals surface area contributed by atoms with Crippen LogP contribution in [-0.2, 0) is 10.0 Å². The fraction of sp³-hybridized carbons (Fsp3) is 0.0455. The Kier molecular flexibility index (Phi) is 5.23. The quantitative estimate of drug-likeness (QED) is 0.368. The zero-order valence-corrected chi connectivity index (χ0v) is 18.8. The summed E-state index contributed by atoms with van der Waals surface area (Å²) in [6.07, 6.45) is 1.63. The Morgan fingerprint density at radius 3 is 2.55 bits per heavy atom. The normalized spacial score (nSPS) is 11.6. The van der Waals surface area contributed by atoms with E-state index in [1.54, 1.807) is 36.7 Å². The van der Waals surface area contributed by atoms with E-state index < -0.39 is 10.0 Å². The van der Waals surface area contributed by atoms with Gasteiger partial charge in [-0.1, -0.05) is 23.7 Å². The Labute approximate surface area is 194 Å². The van der Waals surface area contributed by atoms with E-state index in [0.29, 0.717) is 27.9 Å². The summed E-state index contributed by atoms with van der Waals surface area (Å²) >= 11 is 5.98. The molecule has 166 valence electrons. The number of sulfonamides is 1. The second kappa shape index (κ2) is 8.23. The van der Waals surface area contributed by atoms with Crippen molar-refractivity contribution in [2.75, 3.05) is 17.1 Å². The number of para-hydroxylation sites is 2. The van der Waals surface area contributed by atoms with E-state index in [2.05, 4.69) is 25.2 Å². The maximum absolute atomic E-state index is 12.9. The predicted octanol–water partition coefficient (Wildman–Crippen LogP) is 4.48. The van der Waals surface area contributed by atoms with Crippen molar-refractivity contribution in [1.29, 1.82) is 0 Å². The number of anilines is 3. The van der Waals surface area contributed by atoms with Gasteiger partial charge in [-0.05, 0) is 54.6 Å². The van der Waals surface area contributed by atoms with Crippen LogP contribution in [0.1, 0.15) is 0 Å². The van der Waals surface area contributed by atoms with Crippen LogP contribution < -0.4 is 14.8 Å². The molecular weight excluding hydrogens is 464 g/mol. The molecule has 2 aromatic heterocycles. The summed E-state index contributed by atoms with van der Waals surface area (Å²) in [5.74, 6) is 0.730. The molecule has 0 unspecified atom stereocenters. The number of ether oxygens (including phenoxy) is 1. The van der Waals surface area contributed by atoms with Gasteiger partial charge in [0.15, 0.2) is 5.82 Å². The van der Waals surface area contributed by atoms with Crippen LogP contribution in [0, 0.1) is 0 Å². The number of hydrogen-bond acceptors (Lipinski definition) is 7. The van der Waals surface area contributed by atoms with Crippen molar-refractivity contribution in [1.82, 2.24) is 19.6 Å². The van der Waals surface area contributed by atoms with Crippen molar-refractivity contribution in [3.63, 3.8) is 0 Å². The van der Waals surface area contributed by atoms with Crippen LogP contribution >= 0.6 is 11.6 Å². The number of rotatable bonds is 6. The molecule has 0 aliphatic carbocycles. The molecular formula is C22H17ClN6O3S. The molecule has 9 nitrogen and oxygen atoms in total. The van der Waals surface area contributed by atoms with E-state index in [4.69, 9.17) is 16.3 Å². The fourth-order valence-electron chi connectivity index (χ4n) is 3.42. The molecule has 11 heteroatoms. The molecule has 5 aromatic rings. The largest absolute Gasteiger partial charge is 0.495 e. The lowest BCUT2D eigenvalue weighted by atomic mass is 10.3. The third kappa shape index (κ3) is 4.01. The minimum Gasteiger partial charge on any atom is -0.495 e. The first kappa shape index (κ1) is 21.0. The molecule has 0 radical (unpaired) electrons. The van der Waals surface area contributed by atoms with E-state index >= 15 is 0 Å². The molecule has 0 atom stereocenters. The Morgan fingerprint density at radius 1 is 1.00 bits per heavy atom. The maximum Gasteiger partial charge on any atom is 0.265 e. The maximum atomic E-state index is 12.9. The van der Waals surface area contributed by atoms with Gasteiger partial charge in [0.1, 0.15) is 17.0 Å². The smallest absolute Gasteiger partial charge is 0.265 e. The Hall–Kier alpha value is -3.89. The first-order valence-corrected chi connectivity index (χ1v) is 11.6. The van der Waals surface area contributed by atoms with Crippen LogP contribution in [0.25, 0.3) is 16.7 Å². The number of hydrogen-bond donors (Lipinski definition) is 2. The van der Waals surface area contributed by atoms with E-state index in [-0.39, 0.29) is 10.6 Å². The van der Waals surface area contributed by atoms with Crippen molar-refractivity contribution in [3.05, 3.63) is 78.1 Å². The lowest BCUT2D eigenvalue weighted by Crippen LogP contribution is -2.14. The van der Waals surface area contributed by atoms with Gasteiger partial charge in [-0.25, -0.2) is 13.4 Å². The molecule has 0 amide bonds.